The summed E-state index contributed by atoms with van der Waals surface area (Å²) in [6, 6.07) is 5.71. The van der Waals surface area contributed by atoms with Gasteiger partial charge in [-0.3, -0.25) is 0 Å². The number of hydrazine groups is 1. The van der Waals surface area contributed by atoms with Crippen molar-refractivity contribution in [2.24, 2.45) is 22.6 Å². The van der Waals surface area contributed by atoms with Gasteiger partial charge in [-0.05, 0) is 104 Å². The van der Waals surface area contributed by atoms with Crippen molar-refractivity contribution >= 4 is 11.6 Å². The van der Waals surface area contributed by atoms with E-state index in [1.165, 1.54) is 43.9 Å². The first-order valence-electron chi connectivity index (χ1n) is 15.1. The highest BCUT2D eigenvalue weighted by atomic mass is 19.4. The molecule has 236 valence electrons. The molecule has 1 atom stereocenters. The second-order valence-corrected chi connectivity index (χ2v) is 12.2. The number of fused-ring (bicyclic) bond motifs is 2. The Morgan fingerprint density at radius 3 is 2.05 bits per heavy atom. The molecule has 6 nitrogen and oxygen atoms in total. The summed E-state index contributed by atoms with van der Waals surface area (Å²) < 4.78 is 82.3. The van der Waals surface area contributed by atoms with Crippen LogP contribution in [-0.2, 0) is 31.7 Å². The van der Waals surface area contributed by atoms with E-state index in [1.807, 2.05) is 0 Å². The standard InChI is InChI=1S/C31H40F6N6/c1-41(39)40-29(38)43(19-21-13-24(30(32,33)34)17-25(14-21)31(35,36)37)27-11-6-12-42(18-20-7-2-3-8-20)28-16-23-10-5-4-9-22(23)15-26(27)28/h13-17,20,27H,2-12,18-19,39H2,1H3,(H2,38,40). The predicted molar refractivity (Wildman–Crippen MR) is 155 cm³/mol. The van der Waals surface area contributed by atoms with Gasteiger partial charge in [0.1, 0.15) is 0 Å². The predicted octanol–water partition coefficient (Wildman–Crippen LogP) is 6.97. The van der Waals surface area contributed by atoms with Gasteiger partial charge in [-0.2, -0.15) is 26.3 Å². The van der Waals surface area contributed by atoms with Crippen LogP contribution in [-0.4, -0.2) is 36.1 Å². The number of alkyl halides is 6. The summed E-state index contributed by atoms with van der Waals surface area (Å²) in [6.07, 6.45) is 0.386. The van der Waals surface area contributed by atoms with Crippen molar-refractivity contribution in [2.75, 3.05) is 25.0 Å². The van der Waals surface area contributed by atoms with Gasteiger partial charge in [-0.15, -0.1) is 5.10 Å². The summed E-state index contributed by atoms with van der Waals surface area (Å²) in [4.78, 5) is 4.05. The lowest BCUT2D eigenvalue weighted by Gasteiger charge is -2.36. The zero-order valence-electron chi connectivity index (χ0n) is 24.4. The molecule has 1 unspecified atom stereocenters. The van der Waals surface area contributed by atoms with Gasteiger partial charge < -0.3 is 15.5 Å². The lowest BCUT2D eigenvalue weighted by Crippen LogP contribution is -2.42. The number of aryl methyl sites for hydroxylation is 2. The molecule has 43 heavy (non-hydrogen) atoms. The third-order valence-electron chi connectivity index (χ3n) is 8.98. The normalized spacial score (nSPS) is 20.0. The third-order valence-corrected chi connectivity index (χ3v) is 8.98. The highest BCUT2D eigenvalue weighted by Gasteiger charge is 2.38. The number of hydrogen-bond donors (Lipinski definition) is 2. The van der Waals surface area contributed by atoms with Gasteiger partial charge in [0, 0.05) is 32.4 Å². The second kappa shape index (κ2) is 12.5. The van der Waals surface area contributed by atoms with Crippen LogP contribution in [0.3, 0.4) is 0 Å². The van der Waals surface area contributed by atoms with Gasteiger partial charge in [0.25, 0.3) is 0 Å². The highest BCUT2D eigenvalue weighted by Crippen LogP contribution is 2.43. The lowest BCUT2D eigenvalue weighted by molar-refractivity contribution is -0.143. The van der Waals surface area contributed by atoms with E-state index in [1.54, 1.807) is 4.90 Å². The molecule has 0 aromatic heterocycles. The smallest absolute Gasteiger partial charge is 0.371 e. The van der Waals surface area contributed by atoms with Gasteiger partial charge in [0.05, 0.1) is 17.2 Å². The lowest BCUT2D eigenvalue weighted by atomic mass is 9.87. The van der Waals surface area contributed by atoms with Crippen LogP contribution in [0.25, 0.3) is 0 Å². The zero-order valence-corrected chi connectivity index (χ0v) is 24.4. The third kappa shape index (κ3) is 7.33. The van der Waals surface area contributed by atoms with Crippen LogP contribution < -0.4 is 16.5 Å². The minimum Gasteiger partial charge on any atom is -0.371 e. The van der Waals surface area contributed by atoms with Gasteiger partial charge >= 0.3 is 12.4 Å². The molecule has 1 fully saturated rings. The van der Waals surface area contributed by atoms with Crippen LogP contribution in [0.2, 0.25) is 0 Å². The van der Waals surface area contributed by atoms with Crippen LogP contribution >= 0.6 is 0 Å². The molecule has 3 aliphatic rings. The van der Waals surface area contributed by atoms with Gasteiger partial charge in [0.2, 0.25) is 5.96 Å². The number of anilines is 1. The summed E-state index contributed by atoms with van der Waals surface area (Å²) in [7, 11) is 1.46. The number of nitrogens with zero attached hydrogens (tertiary/aromatic N) is 4. The van der Waals surface area contributed by atoms with E-state index < -0.39 is 29.5 Å². The molecule has 2 aliphatic carbocycles. The number of hydrazone groups is 1. The average molecular weight is 611 g/mol. The number of rotatable bonds is 6. The van der Waals surface area contributed by atoms with E-state index in [0.717, 1.165) is 73.7 Å². The quantitative estimate of drug-likeness (QED) is 0.122. The summed E-state index contributed by atoms with van der Waals surface area (Å²) in [5.41, 5.74) is 8.18. The minimum absolute atomic E-state index is 0.0751. The minimum atomic E-state index is -4.95. The molecule has 0 amide bonds. The van der Waals surface area contributed by atoms with Crippen molar-refractivity contribution in [3.63, 3.8) is 0 Å². The Kier molecular flexibility index (Phi) is 9.06. The van der Waals surface area contributed by atoms with Gasteiger partial charge in [0.15, 0.2) is 0 Å². The number of halogens is 6. The van der Waals surface area contributed by atoms with E-state index in [9.17, 15) is 26.3 Å². The van der Waals surface area contributed by atoms with E-state index >= 15 is 0 Å². The topological polar surface area (TPSA) is 74.1 Å². The maximum absolute atomic E-state index is 13.7. The van der Waals surface area contributed by atoms with Crippen LogP contribution in [0.4, 0.5) is 32.0 Å². The molecule has 2 aromatic carbocycles. The summed E-state index contributed by atoms with van der Waals surface area (Å²) in [6.45, 7) is 1.43. The molecule has 0 radical (unpaired) electrons. The fraction of sp³-hybridized carbons (Fsp3) is 0.581. The van der Waals surface area contributed by atoms with Crippen molar-refractivity contribution in [3.8, 4) is 0 Å². The number of guanidine groups is 1. The molecule has 0 bridgehead atoms. The zero-order chi connectivity index (χ0) is 30.9. The average Bonchev–Trinajstić information content (AvgIpc) is 3.38. The van der Waals surface area contributed by atoms with Crippen LogP contribution in [0.1, 0.15) is 90.8 Å². The molecule has 1 saturated carbocycles. The molecule has 12 heteroatoms. The Bertz CT molecular complexity index is 1280. The first kappa shape index (κ1) is 31.3. The van der Waals surface area contributed by atoms with Gasteiger partial charge in [-0.25, -0.2) is 11.0 Å². The second-order valence-electron chi connectivity index (χ2n) is 12.2. The molecule has 4 N–H and O–H groups in total. The monoisotopic (exact) mass is 610 g/mol. The SMILES string of the molecule is CN(N)/N=C(\N)N(Cc1cc(C(F)(F)F)cc(C(F)(F)F)c1)C1CCCN(CC2CCCC2)c2cc3c(cc21)CCCC3. The van der Waals surface area contributed by atoms with E-state index in [-0.39, 0.29) is 24.1 Å². The largest absolute Gasteiger partial charge is 0.416 e. The first-order valence-corrected chi connectivity index (χ1v) is 15.1. The maximum Gasteiger partial charge on any atom is 0.416 e. The Balaban J connectivity index is 1.61. The highest BCUT2D eigenvalue weighted by molar-refractivity contribution is 5.79. The fourth-order valence-corrected chi connectivity index (χ4v) is 6.98. The fourth-order valence-electron chi connectivity index (χ4n) is 6.98. The molecule has 2 aromatic rings. The van der Waals surface area contributed by atoms with Crippen LogP contribution in [0.5, 0.6) is 0 Å². The van der Waals surface area contributed by atoms with Crippen LogP contribution in [0.15, 0.2) is 35.4 Å². The summed E-state index contributed by atoms with van der Waals surface area (Å²) in [5, 5.41) is 5.15. The van der Waals surface area contributed by atoms with Crippen molar-refractivity contribution in [1.29, 1.82) is 0 Å². The van der Waals surface area contributed by atoms with Gasteiger partial charge in [-0.1, -0.05) is 18.9 Å². The first-order chi connectivity index (χ1) is 20.3. The van der Waals surface area contributed by atoms with Crippen LogP contribution in [0, 0.1) is 5.92 Å². The molecular weight excluding hydrogens is 570 g/mol. The number of hydrogen-bond acceptors (Lipinski definition) is 4. The van der Waals surface area contributed by atoms with E-state index in [2.05, 4.69) is 22.1 Å². The van der Waals surface area contributed by atoms with E-state index in [4.69, 9.17) is 11.6 Å². The van der Waals surface area contributed by atoms with E-state index in [0.29, 0.717) is 12.3 Å². The molecule has 0 saturated heterocycles. The Morgan fingerprint density at radius 1 is 0.860 bits per heavy atom. The number of nitrogens with two attached hydrogens (primary N) is 2. The summed E-state index contributed by atoms with van der Waals surface area (Å²) in [5.74, 6) is 6.30. The molecule has 0 spiro atoms. The number of benzene rings is 2. The Morgan fingerprint density at radius 2 is 1.47 bits per heavy atom. The van der Waals surface area contributed by atoms with Crippen molar-refractivity contribution < 1.29 is 26.3 Å². The molecule has 1 heterocycles. The molecular formula is C31H40F6N6. The molecule has 5 rings (SSSR count). The van der Waals surface area contributed by atoms with Crippen molar-refractivity contribution in [2.45, 2.75) is 89.1 Å². The Labute approximate surface area is 248 Å². The van der Waals surface area contributed by atoms with Crippen molar-refractivity contribution in [3.05, 3.63) is 63.7 Å². The Hall–Kier alpha value is -3.15. The summed E-state index contributed by atoms with van der Waals surface area (Å²) >= 11 is 0. The molecule has 1 aliphatic heterocycles. The van der Waals surface area contributed by atoms with Crippen molar-refractivity contribution in [1.82, 2.24) is 10.0 Å². The maximum atomic E-state index is 13.7.